The van der Waals surface area contributed by atoms with Gasteiger partial charge in [0.1, 0.15) is 11.4 Å². The SMILES string of the molecule is CC(C)(C)OC(=O)N[C@@H](CO)c1cc(C(=N)N)cs1. The van der Waals surface area contributed by atoms with E-state index in [4.69, 9.17) is 15.9 Å². The zero-order valence-electron chi connectivity index (χ0n) is 11.2. The van der Waals surface area contributed by atoms with Crippen LogP contribution in [0, 0.1) is 5.41 Å². The highest BCUT2D eigenvalue weighted by Gasteiger charge is 2.21. The number of thiophene rings is 1. The lowest BCUT2D eigenvalue weighted by Crippen LogP contribution is -2.36. The number of aliphatic hydroxyl groups is 1. The minimum atomic E-state index is -0.593. The van der Waals surface area contributed by atoms with E-state index in [9.17, 15) is 9.90 Å². The van der Waals surface area contributed by atoms with Crippen molar-refractivity contribution in [3.8, 4) is 0 Å². The zero-order chi connectivity index (χ0) is 14.6. The quantitative estimate of drug-likeness (QED) is 0.497. The van der Waals surface area contributed by atoms with E-state index in [1.807, 2.05) is 0 Å². The van der Waals surface area contributed by atoms with E-state index in [1.54, 1.807) is 32.2 Å². The summed E-state index contributed by atoms with van der Waals surface area (Å²) in [6, 6.07) is 1.11. The molecular formula is C12H19N3O3S. The predicted octanol–water partition coefficient (Wildman–Crippen LogP) is 1.59. The number of carbonyl (C=O) groups excluding carboxylic acids is 1. The summed E-state index contributed by atoms with van der Waals surface area (Å²) in [5.41, 5.74) is 5.35. The number of amides is 1. The smallest absolute Gasteiger partial charge is 0.408 e. The summed E-state index contributed by atoms with van der Waals surface area (Å²) in [6.45, 7) is 5.04. The summed E-state index contributed by atoms with van der Waals surface area (Å²) in [5.74, 6) is -0.0449. The van der Waals surface area contributed by atoms with Crippen molar-refractivity contribution < 1.29 is 14.6 Å². The number of carbonyl (C=O) groups is 1. The first kappa shape index (κ1) is 15.5. The third-order valence-electron chi connectivity index (χ3n) is 2.15. The summed E-state index contributed by atoms with van der Waals surface area (Å²) in [7, 11) is 0. The van der Waals surface area contributed by atoms with E-state index in [0.717, 1.165) is 4.88 Å². The van der Waals surface area contributed by atoms with Gasteiger partial charge in [0.25, 0.3) is 0 Å². The molecule has 5 N–H and O–H groups in total. The van der Waals surface area contributed by atoms with E-state index in [2.05, 4.69) is 5.32 Å². The predicted molar refractivity (Wildman–Crippen MR) is 74.5 cm³/mol. The molecule has 0 aliphatic heterocycles. The highest BCUT2D eigenvalue weighted by molar-refractivity contribution is 7.10. The fraction of sp³-hybridized carbons (Fsp3) is 0.500. The highest BCUT2D eigenvalue weighted by atomic mass is 32.1. The first-order valence-electron chi connectivity index (χ1n) is 5.76. The van der Waals surface area contributed by atoms with Gasteiger partial charge in [-0.3, -0.25) is 5.41 Å². The molecule has 106 valence electrons. The van der Waals surface area contributed by atoms with Crippen molar-refractivity contribution in [1.82, 2.24) is 5.32 Å². The minimum Gasteiger partial charge on any atom is -0.444 e. The minimum absolute atomic E-state index is 0.0449. The maximum absolute atomic E-state index is 11.6. The molecule has 1 amide bonds. The molecule has 6 nitrogen and oxygen atoms in total. The molecule has 1 aromatic rings. The highest BCUT2D eigenvalue weighted by Crippen LogP contribution is 2.22. The summed E-state index contributed by atoms with van der Waals surface area (Å²) in [5, 5.41) is 20.9. The van der Waals surface area contributed by atoms with Gasteiger partial charge in [0.05, 0.1) is 12.6 Å². The largest absolute Gasteiger partial charge is 0.444 e. The van der Waals surface area contributed by atoms with E-state index in [0.29, 0.717) is 5.56 Å². The Morgan fingerprint density at radius 2 is 2.26 bits per heavy atom. The van der Waals surface area contributed by atoms with Crippen LogP contribution in [-0.2, 0) is 4.74 Å². The topological polar surface area (TPSA) is 108 Å². The molecule has 0 unspecified atom stereocenters. The van der Waals surface area contributed by atoms with Gasteiger partial charge < -0.3 is 20.9 Å². The lowest BCUT2D eigenvalue weighted by atomic mass is 10.2. The Labute approximate surface area is 116 Å². The van der Waals surface area contributed by atoms with Crippen molar-refractivity contribution in [2.45, 2.75) is 32.4 Å². The standard InChI is InChI=1S/C12H19N3O3S/c1-12(2,3)18-11(17)15-8(5-16)9-4-7(6-19-9)10(13)14/h4,6,8,16H,5H2,1-3H3,(H3,13,14)(H,15,17)/t8-/m0/s1. The Balaban J connectivity index is 2.72. The molecule has 0 spiro atoms. The molecule has 0 fully saturated rings. The third kappa shape index (κ3) is 4.88. The van der Waals surface area contributed by atoms with Gasteiger partial charge in [0, 0.05) is 15.8 Å². The third-order valence-corrected chi connectivity index (χ3v) is 3.19. The molecule has 0 bridgehead atoms. The maximum Gasteiger partial charge on any atom is 0.408 e. The normalized spacial score (nSPS) is 12.8. The van der Waals surface area contributed by atoms with Crippen LogP contribution in [0.2, 0.25) is 0 Å². The van der Waals surface area contributed by atoms with Gasteiger partial charge in [-0.2, -0.15) is 0 Å². The Morgan fingerprint density at radius 1 is 1.63 bits per heavy atom. The van der Waals surface area contributed by atoms with E-state index < -0.39 is 17.7 Å². The number of nitrogen functional groups attached to an aromatic ring is 1. The molecule has 7 heteroatoms. The Hall–Kier alpha value is -1.60. The second-order valence-electron chi connectivity index (χ2n) is 5.03. The van der Waals surface area contributed by atoms with Crippen LogP contribution in [-0.4, -0.2) is 29.2 Å². The molecule has 0 radical (unpaired) electrons. The van der Waals surface area contributed by atoms with Crippen molar-refractivity contribution in [1.29, 1.82) is 5.41 Å². The van der Waals surface area contributed by atoms with E-state index in [-0.39, 0.29) is 12.4 Å². The molecule has 0 saturated heterocycles. The maximum atomic E-state index is 11.6. The van der Waals surface area contributed by atoms with Gasteiger partial charge >= 0.3 is 6.09 Å². The fourth-order valence-corrected chi connectivity index (χ4v) is 2.28. The fourth-order valence-electron chi connectivity index (χ4n) is 1.33. The molecule has 0 aliphatic rings. The monoisotopic (exact) mass is 285 g/mol. The van der Waals surface area contributed by atoms with E-state index >= 15 is 0 Å². The van der Waals surface area contributed by atoms with Crippen LogP contribution in [0.15, 0.2) is 11.4 Å². The van der Waals surface area contributed by atoms with Crippen molar-refractivity contribution in [3.63, 3.8) is 0 Å². The number of nitrogens with one attached hydrogen (secondary N) is 2. The summed E-state index contributed by atoms with van der Waals surface area (Å²) < 4.78 is 5.12. The first-order chi connectivity index (χ1) is 8.73. The summed E-state index contributed by atoms with van der Waals surface area (Å²) >= 11 is 1.32. The second kappa shape index (κ2) is 6.03. The van der Waals surface area contributed by atoms with Crippen molar-refractivity contribution in [2.75, 3.05) is 6.61 Å². The lowest BCUT2D eigenvalue weighted by molar-refractivity contribution is 0.0483. The second-order valence-corrected chi connectivity index (χ2v) is 5.98. The Kier molecular flexibility index (Phi) is 4.90. The van der Waals surface area contributed by atoms with Gasteiger partial charge in [0.2, 0.25) is 0 Å². The van der Waals surface area contributed by atoms with Gasteiger partial charge in [-0.25, -0.2) is 4.79 Å². The van der Waals surface area contributed by atoms with Gasteiger partial charge in [-0.15, -0.1) is 11.3 Å². The number of amidine groups is 1. The molecule has 1 rings (SSSR count). The molecule has 19 heavy (non-hydrogen) atoms. The number of alkyl carbamates (subject to hydrolysis) is 1. The molecule has 1 heterocycles. The number of hydrogen-bond donors (Lipinski definition) is 4. The van der Waals surface area contributed by atoms with Crippen LogP contribution in [0.4, 0.5) is 4.79 Å². The summed E-state index contributed by atoms with van der Waals surface area (Å²) in [6.07, 6.45) is -0.593. The molecule has 0 aromatic carbocycles. The van der Waals surface area contributed by atoms with Crippen molar-refractivity contribution >= 4 is 23.3 Å². The van der Waals surface area contributed by atoms with Gasteiger partial charge in [-0.05, 0) is 26.8 Å². The van der Waals surface area contributed by atoms with Crippen LogP contribution in [0.3, 0.4) is 0 Å². The average molecular weight is 285 g/mol. The van der Waals surface area contributed by atoms with Crippen LogP contribution in [0.25, 0.3) is 0 Å². The molecule has 1 aromatic heterocycles. The molecule has 0 aliphatic carbocycles. The number of rotatable bonds is 4. The number of ether oxygens (including phenoxy) is 1. The van der Waals surface area contributed by atoms with Gasteiger partial charge in [0.15, 0.2) is 0 Å². The number of nitrogens with two attached hydrogens (primary N) is 1. The van der Waals surface area contributed by atoms with Gasteiger partial charge in [-0.1, -0.05) is 0 Å². The number of hydrogen-bond acceptors (Lipinski definition) is 5. The molecular weight excluding hydrogens is 266 g/mol. The van der Waals surface area contributed by atoms with Crippen LogP contribution >= 0.6 is 11.3 Å². The van der Waals surface area contributed by atoms with Crippen molar-refractivity contribution in [3.05, 3.63) is 21.9 Å². The molecule has 0 saturated carbocycles. The van der Waals surface area contributed by atoms with Crippen LogP contribution < -0.4 is 11.1 Å². The Morgan fingerprint density at radius 3 is 2.68 bits per heavy atom. The first-order valence-corrected chi connectivity index (χ1v) is 6.64. The zero-order valence-corrected chi connectivity index (χ0v) is 12.0. The lowest BCUT2D eigenvalue weighted by Gasteiger charge is -2.22. The van der Waals surface area contributed by atoms with Crippen LogP contribution in [0.1, 0.15) is 37.3 Å². The summed E-state index contributed by atoms with van der Waals surface area (Å²) in [4.78, 5) is 12.4. The average Bonchev–Trinajstić information content (AvgIpc) is 2.72. The van der Waals surface area contributed by atoms with Crippen LogP contribution in [0.5, 0.6) is 0 Å². The van der Waals surface area contributed by atoms with Crippen molar-refractivity contribution in [2.24, 2.45) is 5.73 Å². The Bertz CT molecular complexity index is 465. The molecule has 1 atom stereocenters. The number of aliphatic hydroxyl groups excluding tert-OH is 1. The van der Waals surface area contributed by atoms with E-state index in [1.165, 1.54) is 11.3 Å².